The molecule has 0 saturated carbocycles. The molecule has 0 spiro atoms. The minimum absolute atomic E-state index is 0.400. The van der Waals surface area contributed by atoms with Crippen LogP contribution >= 0.6 is 0 Å². The van der Waals surface area contributed by atoms with Gasteiger partial charge in [-0.15, -0.1) is 5.10 Å². The SMILES string of the molecule is COc1n[nH]c(N2CCCNCC2)n1. The van der Waals surface area contributed by atoms with Crippen LogP contribution in [0.5, 0.6) is 6.01 Å². The van der Waals surface area contributed by atoms with Gasteiger partial charge < -0.3 is 15.0 Å². The number of aromatic amines is 1. The number of rotatable bonds is 2. The number of anilines is 1. The van der Waals surface area contributed by atoms with Crippen molar-refractivity contribution >= 4 is 5.95 Å². The Labute approximate surface area is 82.7 Å². The highest BCUT2D eigenvalue weighted by Gasteiger charge is 2.13. The third-order valence-corrected chi connectivity index (χ3v) is 2.28. The Kier molecular flexibility index (Phi) is 2.83. The quantitative estimate of drug-likeness (QED) is 0.676. The van der Waals surface area contributed by atoms with E-state index in [0.29, 0.717) is 6.01 Å². The predicted molar refractivity (Wildman–Crippen MR) is 52.6 cm³/mol. The Morgan fingerprint density at radius 2 is 2.29 bits per heavy atom. The first-order chi connectivity index (χ1) is 6.90. The van der Waals surface area contributed by atoms with E-state index < -0.39 is 0 Å². The van der Waals surface area contributed by atoms with E-state index in [1.165, 1.54) is 0 Å². The fourth-order valence-corrected chi connectivity index (χ4v) is 1.53. The van der Waals surface area contributed by atoms with Gasteiger partial charge in [-0.05, 0) is 13.0 Å². The number of hydrogen-bond acceptors (Lipinski definition) is 5. The summed E-state index contributed by atoms with van der Waals surface area (Å²) in [6.07, 6.45) is 1.13. The highest BCUT2D eigenvalue weighted by Crippen LogP contribution is 2.11. The second kappa shape index (κ2) is 4.28. The van der Waals surface area contributed by atoms with Crippen LogP contribution in [0.25, 0.3) is 0 Å². The summed E-state index contributed by atoms with van der Waals surface area (Å²) in [7, 11) is 1.57. The van der Waals surface area contributed by atoms with E-state index in [-0.39, 0.29) is 0 Å². The summed E-state index contributed by atoms with van der Waals surface area (Å²) in [5.74, 6) is 0.797. The lowest BCUT2D eigenvalue weighted by atomic mass is 10.4. The maximum atomic E-state index is 4.92. The van der Waals surface area contributed by atoms with Crippen molar-refractivity contribution in [3.63, 3.8) is 0 Å². The van der Waals surface area contributed by atoms with Crippen molar-refractivity contribution in [2.75, 3.05) is 38.2 Å². The first-order valence-electron chi connectivity index (χ1n) is 4.82. The lowest BCUT2D eigenvalue weighted by Gasteiger charge is -2.17. The van der Waals surface area contributed by atoms with Crippen molar-refractivity contribution < 1.29 is 4.74 Å². The Morgan fingerprint density at radius 3 is 3.07 bits per heavy atom. The highest BCUT2D eigenvalue weighted by atomic mass is 16.5. The van der Waals surface area contributed by atoms with Gasteiger partial charge >= 0.3 is 6.01 Å². The van der Waals surface area contributed by atoms with Crippen LogP contribution in [0.3, 0.4) is 0 Å². The normalized spacial score (nSPS) is 17.9. The fraction of sp³-hybridized carbons (Fsp3) is 0.750. The Morgan fingerprint density at radius 1 is 1.36 bits per heavy atom. The molecule has 0 amide bonds. The average molecular weight is 197 g/mol. The molecule has 6 nitrogen and oxygen atoms in total. The molecular weight excluding hydrogens is 182 g/mol. The number of hydrogen-bond donors (Lipinski definition) is 2. The van der Waals surface area contributed by atoms with Crippen LogP contribution in [0.1, 0.15) is 6.42 Å². The van der Waals surface area contributed by atoms with Gasteiger partial charge in [-0.3, -0.25) is 0 Å². The van der Waals surface area contributed by atoms with Crippen molar-refractivity contribution in [2.45, 2.75) is 6.42 Å². The van der Waals surface area contributed by atoms with Gasteiger partial charge in [0.2, 0.25) is 5.95 Å². The number of methoxy groups -OCH3 is 1. The van der Waals surface area contributed by atoms with Gasteiger partial charge in [-0.25, -0.2) is 5.10 Å². The van der Waals surface area contributed by atoms with E-state index in [4.69, 9.17) is 4.74 Å². The van der Waals surface area contributed by atoms with E-state index in [1.807, 2.05) is 0 Å². The first kappa shape index (κ1) is 9.26. The second-order valence-corrected chi connectivity index (χ2v) is 3.24. The summed E-state index contributed by atoms with van der Waals surface area (Å²) < 4.78 is 4.92. The van der Waals surface area contributed by atoms with Crippen LogP contribution in [0.4, 0.5) is 5.95 Å². The molecule has 1 aliphatic heterocycles. The molecule has 0 aromatic carbocycles. The van der Waals surface area contributed by atoms with Gasteiger partial charge in [-0.1, -0.05) is 0 Å². The molecule has 0 aliphatic carbocycles. The van der Waals surface area contributed by atoms with Crippen LogP contribution in [-0.2, 0) is 0 Å². The molecule has 0 radical (unpaired) electrons. The Balaban J connectivity index is 2.04. The number of nitrogens with one attached hydrogen (secondary N) is 2. The van der Waals surface area contributed by atoms with Gasteiger partial charge in [0.15, 0.2) is 0 Å². The molecule has 78 valence electrons. The third-order valence-electron chi connectivity index (χ3n) is 2.28. The van der Waals surface area contributed by atoms with E-state index in [0.717, 1.165) is 38.5 Å². The van der Waals surface area contributed by atoms with E-state index in [1.54, 1.807) is 7.11 Å². The molecule has 0 unspecified atom stereocenters. The lowest BCUT2D eigenvalue weighted by molar-refractivity contribution is 0.382. The van der Waals surface area contributed by atoms with E-state index >= 15 is 0 Å². The van der Waals surface area contributed by atoms with Crippen molar-refractivity contribution in [3.8, 4) is 6.01 Å². The monoisotopic (exact) mass is 197 g/mol. The van der Waals surface area contributed by atoms with Crippen LogP contribution in [0.2, 0.25) is 0 Å². The standard InChI is InChI=1S/C8H15N5O/c1-14-8-10-7(11-12-8)13-5-2-3-9-4-6-13/h9H,2-6H2,1H3,(H,10,11,12). The summed E-state index contributed by atoms with van der Waals surface area (Å²) in [5, 5.41) is 10.1. The largest absolute Gasteiger partial charge is 0.466 e. The molecule has 2 N–H and O–H groups in total. The van der Waals surface area contributed by atoms with E-state index in [9.17, 15) is 0 Å². The molecule has 0 bridgehead atoms. The van der Waals surface area contributed by atoms with Gasteiger partial charge in [0.1, 0.15) is 0 Å². The smallest absolute Gasteiger partial charge is 0.336 e. The van der Waals surface area contributed by atoms with Gasteiger partial charge in [0.25, 0.3) is 0 Å². The molecule has 6 heteroatoms. The van der Waals surface area contributed by atoms with Crippen molar-refractivity contribution in [1.82, 2.24) is 20.5 Å². The minimum atomic E-state index is 0.400. The fourth-order valence-electron chi connectivity index (χ4n) is 1.53. The Hall–Kier alpha value is -1.30. The molecule has 1 aromatic heterocycles. The third kappa shape index (κ3) is 1.95. The van der Waals surface area contributed by atoms with Crippen LogP contribution in [0, 0.1) is 0 Å². The summed E-state index contributed by atoms with van der Waals surface area (Å²) >= 11 is 0. The summed E-state index contributed by atoms with van der Waals surface area (Å²) in [6, 6.07) is 0.400. The van der Waals surface area contributed by atoms with Gasteiger partial charge in [0.05, 0.1) is 7.11 Å². The first-order valence-corrected chi connectivity index (χ1v) is 4.82. The highest BCUT2D eigenvalue weighted by molar-refractivity contribution is 5.29. The molecule has 1 saturated heterocycles. The molecule has 1 aliphatic rings. The second-order valence-electron chi connectivity index (χ2n) is 3.24. The van der Waals surface area contributed by atoms with Crippen LogP contribution < -0.4 is 15.0 Å². The lowest BCUT2D eigenvalue weighted by Crippen LogP contribution is -2.28. The topological polar surface area (TPSA) is 66.1 Å². The zero-order chi connectivity index (χ0) is 9.80. The van der Waals surface area contributed by atoms with Gasteiger partial charge in [-0.2, -0.15) is 4.98 Å². The zero-order valence-corrected chi connectivity index (χ0v) is 8.29. The molecule has 1 fully saturated rings. The Bertz CT molecular complexity index is 279. The van der Waals surface area contributed by atoms with Crippen molar-refractivity contribution in [1.29, 1.82) is 0 Å². The number of H-pyrrole nitrogens is 1. The number of nitrogens with zero attached hydrogens (tertiary/aromatic N) is 3. The van der Waals surface area contributed by atoms with Gasteiger partial charge in [0, 0.05) is 19.6 Å². The maximum absolute atomic E-state index is 4.92. The summed E-state index contributed by atoms with van der Waals surface area (Å²) in [4.78, 5) is 6.38. The molecule has 2 rings (SSSR count). The maximum Gasteiger partial charge on any atom is 0.336 e. The minimum Gasteiger partial charge on any atom is -0.466 e. The molecular formula is C8H15N5O. The molecule has 1 aromatic rings. The van der Waals surface area contributed by atoms with Crippen LogP contribution in [0.15, 0.2) is 0 Å². The number of ether oxygens (including phenoxy) is 1. The summed E-state index contributed by atoms with van der Waals surface area (Å²) in [6.45, 7) is 4.02. The number of aromatic nitrogens is 3. The van der Waals surface area contributed by atoms with E-state index in [2.05, 4.69) is 25.4 Å². The molecule has 14 heavy (non-hydrogen) atoms. The molecule has 2 heterocycles. The average Bonchev–Trinajstić information content (AvgIpc) is 2.53. The van der Waals surface area contributed by atoms with Crippen molar-refractivity contribution in [3.05, 3.63) is 0 Å². The van der Waals surface area contributed by atoms with Crippen LogP contribution in [-0.4, -0.2) is 48.5 Å². The zero-order valence-electron chi connectivity index (χ0n) is 8.29. The van der Waals surface area contributed by atoms with Crippen molar-refractivity contribution in [2.24, 2.45) is 0 Å². The summed E-state index contributed by atoms with van der Waals surface area (Å²) in [5.41, 5.74) is 0. The predicted octanol–water partition coefficient (Wildman–Crippen LogP) is -0.387. The molecule has 0 atom stereocenters.